The van der Waals surface area contributed by atoms with Crippen molar-refractivity contribution in [2.75, 3.05) is 13.1 Å². The average molecular weight is 386 g/mol. The number of nitrogens with zero attached hydrogens (tertiary/aromatic N) is 2. The molecule has 0 saturated carbocycles. The number of pyridine rings is 1. The van der Waals surface area contributed by atoms with Crippen LogP contribution in [-0.4, -0.2) is 43.6 Å². The molecular weight excluding hydrogens is 368 g/mol. The van der Waals surface area contributed by atoms with Crippen LogP contribution < -0.4 is 10.6 Å². The summed E-state index contributed by atoms with van der Waals surface area (Å²) in [5, 5.41) is 11.8. The van der Waals surface area contributed by atoms with E-state index in [2.05, 4.69) is 15.6 Å². The third-order valence-electron chi connectivity index (χ3n) is 3.63. The fourth-order valence-electron chi connectivity index (χ4n) is 2.29. The van der Waals surface area contributed by atoms with E-state index in [1.54, 1.807) is 48.5 Å². The minimum atomic E-state index is -3.98. The third-order valence-corrected chi connectivity index (χ3v) is 5.57. The van der Waals surface area contributed by atoms with Crippen LogP contribution in [0.15, 0.2) is 54.7 Å². The molecule has 1 atom stereocenters. The van der Waals surface area contributed by atoms with Gasteiger partial charge in [-0.05, 0) is 24.3 Å². The highest BCUT2D eigenvalue weighted by molar-refractivity contribution is 7.92. The van der Waals surface area contributed by atoms with Gasteiger partial charge in [-0.1, -0.05) is 24.3 Å². The Morgan fingerprint density at radius 1 is 1.07 bits per heavy atom. The van der Waals surface area contributed by atoms with Gasteiger partial charge >= 0.3 is 0 Å². The Balaban J connectivity index is 2.16. The number of carbonyl (C=O) groups excluding carboxylic acids is 2. The molecule has 2 amide bonds. The monoisotopic (exact) mass is 386 g/mol. The third kappa shape index (κ3) is 5.90. The van der Waals surface area contributed by atoms with Gasteiger partial charge in [0.2, 0.25) is 5.91 Å². The van der Waals surface area contributed by atoms with Crippen LogP contribution in [0.1, 0.15) is 16.1 Å². The molecule has 2 N–H and O–H groups in total. The second-order valence-corrected chi connectivity index (χ2v) is 7.75. The lowest BCUT2D eigenvalue weighted by atomic mass is 10.2. The zero-order chi connectivity index (χ0) is 19.7. The van der Waals surface area contributed by atoms with E-state index in [9.17, 15) is 18.0 Å². The molecule has 0 radical (unpaired) electrons. The Morgan fingerprint density at radius 2 is 1.78 bits per heavy atom. The highest BCUT2D eigenvalue weighted by atomic mass is 32.2. The molecule has 1 unspecified atom stereocenters. The van der Waals surface area contributed by atoms with Gasteiger partial charge in [-0.3, -0.25) is 14.6 Å². The molecule has 1 aromatic carbocycles. The van der Waals surface area contributed by atoms with Crippen molar-refractivity contribution in [3.8, 4) is 6.07 Å². The normalized spacial score (nSPS) is 11.8. The Labute approximate surface area is 157 Å². The molecule has 0 saturated heterocycles. The van der Waals surface area contributed by atoms with Gasteiger partial charge in [0.25, 0.3) is 5.91 Å². The lowest BCUT2D eigenvalue weighted by Crippen LogP contribution is -2.47. The molecule has 1 aromatic heterocycles. The van der Waals surface area contributed by atoms with Crippen molar-refractivity contribution in [3.63, 3.8) is 0 Å². The molecule has 9 heteroatoms. The van der Waals surface area contributed by atoms with E-state index in [0.29, 0.717) is 5.56 Å². The van der Waals surface area contributed by atoms with Crippen molar-refractivity contribution in [3.05, 3.63) is 66.0 Å². The standard InChI is InChI=1S/C18H18N4O4S/c19-9-11-21-18(24)16(12-22-17(23)14-6-2-1-3-7-14)27(25,26)13-15-8-4-5-10-20-15/h1-8,10,16H,11-13H2,(H,21,24)(H,22,23). The quantitative estimate of drug-likeness (QED) is 0.633. The largest absolute Gasteiger partial charge is 0.350 e. The molecule has 8 nitrogen and oxygen atoms in total. The van der Waals surface area contributed by atoms with E-state index >= 15 is 0 Å². The zero-order valence-electron chi connectivity index (χ0n) is 14.3. The number of hydrogen-bond acceptors (Lipinski definition) is 6. The second-order valence-electron chi connectivity index (χ2n) is 5.57. The van der Waals surface area contributed by atoms with Crippen molar-refractivity contribution in [1.29, 1.82) is 5.26 Å². The molecule has 0 aliphatic carbocycles. The number of nitriles is 1. The minimum Gasteiger partial charge on any atom is -0.350 e. The topological polar surface area (TPSA) is 129 Å². The highest BCUT2D eigenvalue weighted by Crippen LogP contribution is 2.10. The number of rotatable bonds is 8. The highest BCUT2D eigenvalue weighted by Gasteiger charge is 2.33. The molecule has 140 valence electrons. The van der Waals surface area contributed by atoms with Crippen LogP contribution in [0.3, 0.4) is 0 Å². The Bertz CT molecular complexity index is 925. The number of aromatic nitrogens is 1. The van der Waals surface area contributed by atoms with Gasteiger partial charge in [0.05, 0.1) is 17.5 Å². The summed E-state index contributed by atoms with van der Waals surface area (Å²) in [7, 11) is -3.98. The molecular formula is C18H18N4O4S. The number of carbonyl (C=O) groups is 2. The first kappa shape index (κ1) is 20.1. The summed E-state index contributed by atoms with van der Waals surface area (Å²) < 4.78 is 25.4. The van der Waals surface area contributed by atoms with Gasteiger partial charge in [0, 0.05) is 18.3 Å². The maximum Gasteiger partial charge on any atom is 0.251 e. The molecule has 2 aromatic rings. The molecule has 0 aliphatic heterocycles. The number of sulfone groups is 1. The number of benzene rings is 1. The summed E-state index contributed by atoms with van der Waals surface area (Å²) in [6.45, 7) is -0.749. The summed E-state index contributed by atoms with van der Waals surface area (Å²) >= 11 is 0. The van der Waals surface area contributed by atoms with Gasteiger partial charge in [0.15, 0.2) is 15.1 Å². The van der Waals surface area contributed by atoms with Crippen LogP contribution in [0, 0.1) is 11.3 Å². The van der Waals surface area contributed by atoms with Crippen LogP contribution in [0.5, 0.6) is 0 Å². The van der Waals surface area contributed by atoms with E-state index in [1.165, 1.54) is 12.3 Å². The lowest BCUT2D eigenvalue weighted by Gasteiger charge is -2.17. The lowest BCUT2D eigenvalue weighted by molar-refractivity contribution is -0.120. The van der Waals surface area contributed by atoms with E-state index < -0.39 is 39.2 Å². The molecule has 0 aliphatic rings. The fourth-order valence-corrected chi connectivity index (χ4v) is 3.82. The summed E-state index contributed by atoms with van der Waals surface area (Å²) in [5.41, 5.74) is 0.626. The van der Waals surface area contributed by atoms with Crippen molar-refractivity contribution in [1.82, 2.24) is 15.6 Å². The summed E-state index contributed by atoms with van der Waals surface area (Å²) in [4.78, 5) is 28.4. The van der Waals surface area contributed by atoms with Gasteiger partial charge in [0.1, 0.15) is 6.54 Å². The number of nitrogens with one attached hydrogen (secondary N) is 2. The van der Waals surface area contributed by atoms with Crippen LogP contribution in [-0.2, 0) is 20.4 Å². The van der Waals surface area contributed by atoms with E-state index in [1.807, 2.05) is 0 Å². The maximum absolute atomic E-state index is 12.7. The molecule has 2 rings (SSSR count). The fraction of sp³-hybridized carbons (Fsp3) is 0.222. The average Bonchev–Trinajstić information content (AvgIpc) is 2.67. The van der Waals surface area contributed by atoms with E-state index in [-0.39, 0.29) is 12.2 Å². The van der Waals surface area contributed by atoms with Gasteiger partial charge in [-0.2, -0.15) is 5.26 Å². The predicted molar refractivity (Wildman–Crippen MR) is 98.0 cm³/mol. The van der Waals surface area contributed by atoms with Crippen molar-refractivity contribution >= 4 is 21.7 Å². The molecule has 0 spiro atoms. The maximum atomic E-state index is 12.7. The van der Waals surface area contributed by atoms with Crippen LogP contribution in [0.2, 0.25) is 0 Å². The summed E-state index contributed by atoms with van der Waals surface area (Å²) in [6, 6.07) is 14.8. The van der Waals surface area contributed by atoms with Gasteiger partial charge < -0.3 is 10.6 Å². The van der Waals surface area contributed by atoms with E-state index in [4.69, 9.17) is 5.26 Å². The first-order valence-corrected chi connectivity index (χ1v) is 9.75. The van der Waals surface area contributed by atoms with Crippen molar-refractivity contribution in [2.24, 2.45) is 0 Å². The van der Waals surface area contributed by atoms with Crippen LogP contribution >= 0.6 is 0 Å². The van der Waals surface area contributed by atoms with Crippen LogP contribution in [0.4, 0.5) is 0 Å². The van der Waals surface area contributed by atoms with Gasteiger partial charge in [-0.15, -0.1) is 0 Å². The Hall–Kier alpha value is -3.25. The molecule has 1 heterocycles. The molecule has 27 heavy (non-hydrogen) atoms. The molecule has 0 bridgehead atoms. The first-order chi connectivity index (χ1) is 12.9. The van der Waals surface area contributed by atoms with Crippen LogP contribution in [0.25, 0.3) is 0 Å². The second kappa shape index (κ2) is 9.45. The molecule has 0 fully saturated rings. The summed E-state index contributed by atoms with van der Waals surface area (Å²) in [6.07, 6.45) is 1.45. The Kier molecular flexibility index (Phi) is 7.02. The number of hydrogen-bond donors (Lipinski definition) is 2. The smallest absolute Gasteiger partial charge is 0.251 e. The van der Waals surface area contributed by atoms with Crippen molar-refractivity contribution in [2.45, 2.75) is 11.0 Å². The SMILES string of the molecule is N#CCNC(=O)C(CNC(=O)c1ccccc1)S(=O)(=O)Cc1ccccn1. The Morgan fingerprint density at radius 3 is 2.41 bits per heavy atom. The summed E-state index contributed by atoms with van der Waals surface area (Å²) in [5.74, 6) is -1.80. The predicted octanol–water partition coefficient (Wildman–Crippen LogP) is 0.435. The first-order valence-electron chi connectivity index (χ1n) is 8.03. The minimum absolute atomic E-state index is 0.282. The zero-order valence-corrected chi connectivity index (χ0v) is 15.1. The van der Waals surface area contributed by atoms with Crippen molar-refractivity contribution < 1.29 is 18.0 Å². The van der Waals surface area contributed by atoms with Gasteiger partial charge in [-0.25, -0.2) is 8.42 Å². The van der Waals surface area contributed by atoms with E-state index in [0.717, 1.165) is 0 Å². The number of amides is 2.